The molecule has 21 heavy (non-hydrogen) atoms. The molecule has 1 aromatic heterocycles. The summed E-state index contributed by atoms with van der Waals surface area (Å²) in [7, 11) is 0. The molecule has 4 nitrogen and oxygen atoms in total. The van der Waals surface area contributed by atoms with Crippen molar-refractivity contribution in [2.75, 3.05) is 24.5 Å². The summed E-state index contributed by atoms with van der Waals surface area (Å²) in [4.78, 5) is 9.89. The first-order valence-corrected chi connectivity index (χ1v) is 8.35. The van der Waals surface area contributed by atoms with Gasteiger partial charge in [-0.25, -0.2) is 4.98 Å². The maximum absolute atomic E-state index is 6.01. The van der Waals surface area contributed by atoms with E-state index in [2.05, 4.69) is 29.7 Å². The molecule has 2 aliphatic rings. The molecule has 0 amide bonds. The maximum Gasteiger partial charge on any atom is 0.132 e. The van der Waals surface area contributed by atoms with Crippen LogP contribution in [0.15, 0.2) is 18.3 Å². The molecule has 4 heteroatoms. The number of anilines is 1. The van der Waals surface area contributed by atoms with Crippen molar-refractivity contribution in [3.05, 3.63) is 23.9 Å². The fraction of sp³-hybridized carbons (Fsp3) is 0.706. The summed E-state index contributed by atoms with van der Waals surface area (Å²) < 4.78 is 0. The van der Waals surface area contributed by atoms with Crippen molar-refractivity contribution in [2.45, 2.75) is 57.7 Å². The first-order chi connectivity index (χ1) is 10.1. The van der Waals surface area contributed by atoms with E-state index in [9.17, 15) is 0 Å². The van der Waals surface area contributed by atoms with Crippen LogP contribution in [-0.4, -0.2) is 47.6 Å². The van der Waals surface area contributed by atoms with Crippen molar-refractivity contribution in [3.63, 3.8) is 0 Å². The summed E-state index contributed by atoms with van der Waals surface area (Å²) in [6.07, 6.45) is 6.89. The quantitative estimate of drug-likeness (QED) is 0.924. The molecular weight excluding hydrogens is 260 g/mol. The van der Waals surface area contributed by atoms with Gasteiger partial charge < -0.3 is 10.6 Å². The Morgan fingerprint density at radius 3 is 3.05 bits per heavy atom. The van der Waals surface area contributed by atoms with Crippen LogP contribution in [0.1, 0.15) is 38.7 Å². The van der Waals surface area contributed by atoms with E-state index in [1.807, 2.05) is 12.3 Å². The molecule has 3 rings (SSSR count). The summed E-state index contributed by atoms with van der Waals surface area (Å²) in [5, 5.41) is 0. The van der Waals surface area contributed by atoms with E-state index in [1.165, 1.54) is 37.9 Å². The second-order valence-electron chi connectivity index (χ2n) is 6.81. The highest BCUT2D eigenvalue weighted by Crippen LogP contribution is 2.29. The Labute approximate surface area is 128 Å². The maximum atomic E-state index is 6.01. The van der Waals surface area contributed by atoms with Crippen LogP contribution in [0.3, 0.4) is 0 Å². The molecule has 2 fully saturated rings. The van der Waals surface area contributed by atoms with Crippen LogP contribution >= 0.6 is 0 Å². The smallest absolute Gasteiger partial charge is 0.132 e. The highest BCUT2D eigenvalue weighted by molar-refractivity contribution is 5.49. The minimum atomic E-state index is 0.180. The minimum Gasteiger partial charge on any atom is -0.351 e. The first-order valence-electron chi connectivity index (χ1n) is 8.35. The van der Waals surface area contributed by atoms with Crippen LogP contribution in [0.2, 0.25) is 0 Å². The van der Waals surface area contributed by atoms with Gasteiger partial charge in [-0.3, -0.25) is 4.90 Å². The fourth-order valence-electron chi connectivity index (χ4n) is 3.84. The molecule has 0 bridgehead atoms. The Kier molecular flexibility index (Phi) is 4.45. The summed E-state index contributed by atoms with van der Waals surface area (Å²) >= 11 is 0. The highest BCUT2D eigenvalue weighted by Gasteiger charge is 2.34. The Bertz CT molecular complexity index is 474. The molecule has 0 saturated carbocycles. The Hall–Kier alpha value is -1.13. The summed E-state index contributed by atoms with van der Waals surface area (Å²) in [5.74, 6) is 1.16. The zero-order valence-corrected chi connectivity index (χ0v) is 13.3. The third-order valence-electron chi connectivity index (χ3n) is 4.87. The number of rotatable bonds is 3. The highest BCUT2D eigenvalue weighted by atomic mass is 15.3. The van der Waals surface area contributed by atoms with Crippen molar-refractivity contribution in [3.8, 4) is 0 Å². The van der Waals surface area contributed by atoms with E-state index in [-0.39, 0.29) is 6.04 Å². The van der Waals surface area contributed by atoms with Crippen LogP contribution in [0.4, 0.5) is 5.82 Å². The van der Waals surface area contributed by atoms with Gasteiger partial charge in [-0.2, -0.15) is 0 Å². The monoisotopic (exact) mass is 288 g/mol. The van der Waals surface area contributed by atoms with Crippen LogP contribution < -0.4 is 10.6 Å². The molecule has 0 aliphatic carbocycles. The molecule has 1 aromatic rings. The fourth-order valence-corrected chi connectivity index (χ4v) is 3.84. The standard InChI is InChI=1S/C17H28N4/c1-13(18)10-15-6-5-8-19-17(15)21-12-16-7-3-4-9-20(16)11-14(21)2/h5-6,8,13-14,16H,3-4,7,9-12,18H2,1-2H3. The van der Waals surface area contributed by atoms with Crippen LogP contribution in [0.5, 0.6) is 0 Å². The zero-order chi connectivity index (χ0) is 14.8. The van der Waals surface area contributed by atoms with Gasteiger partial charge >= 0.3 is 0 Å². The van der Waals surface area contributed by atoms with Gasteiger partial charge in [-0.15, -0.1) is 0 Å². The Balaban J connectivity index is 1.82. The van der Waals surface area contributed by atoms with Gasteiger partial charge in [0.15, 0.2) is 0 Å². The van der Waals surface area contributed by atoms with Gasteiger partial charge in [0.25, 0.3) is 0 Å². The lowest BCUT2D eigenvalue weighted by atomic mass is 9.96. The molecule has 0 aromatic carbocycles. The number of hydrogen-bond acceptors (Lipinski definition) is 4. The third-order valence-corrected chi connectivity index (χ3v) is 4.87. The molecule has 0 spiro atoms. The van der Waals surface area contributed by atoms with Crippen molar-refractivity contribution in [2.24, 2.45) is 5.73 Å². The summed E-state index contributed by atoms with van der Waals surface area (Å²) in [6.45, 7) is 7.95. The number of fused-ring (bicyclic) bond motifs is 1. The average molecular weight is 288 g/mol. The zero-order valence-electron chi connectivity index (χ0n) is 13.3. The topological polar surface area (TPSA) is 45.4 Å². The van der Waals surface area contributed by atoms with Crippen LogP contribution in [0, 0.1) is 0 Å². The predicted molar refractivity (Wildman–Crippen MR) is 87.6 cm³/mol. The van der Waals surface area contributed by atoms with Gasteiger partial charge in [0.2, 0.25) is 0 Å². The van der Waals surface area contributed by atoms with E-state index in [1.54, 1.807) is 0 Å². The van der Waals surface area contributed by atoms with E-state index >= 15 is 0 Å². The van der Waals surface area contributed by atoms with Crippen LogP contribution in [-0.2, 0) is 6.42 Å². The molecular formula is C17H28N4. The summed E-state index contributed by atoms with van der Waals surface area (Å²) in [6, 6.07) is 5.63. The van der Waals surface area contributed by atoms with Crippen molar-refractivity contribution >= 4 is 5.82 Å². The number of nitrogens with zero attached hydrogens (tertiary/aromatic N) is 3. The van der Waals surface area contributed by atoms with Crippen LogP contribution in [0.25, 0.3) is 0 Å². The van der Waals surface area contributed by atoms with E-state index < -0.39 is 0 Å². The molecule has 2 N–H and O–H groups in total. The molecule has 0 radical (unpaired) electrons. The van der Waals surface area contributed by atoms with E-state index in [0.717, 1.165) is 18.8 Å². The molecule has 2 aliphatic heterocycles. The van der Waals surface area contributed by atoms with Gasteiger partial charge in [0.1, 0.15) is 5.82 Å². The molecule has 3 heterocycles. The predicted octanol–water partition coefficient (Wildman–Crippen LogP) is 2.03. The number of nitrogens with two attached hydrogens (primary N) is 1. The van der Waals surface area contributed by atoms with Gasteiger partial charge in [-0.1, -0.05) is 12.5 Å². The molecule has 116 valence electrons. The number of piperidine rings is 1. The van der Waals surface area contributed by atoms with Crippen molar-refractivity contribution < 1.29 is 0 Å². The number of pyridine rings is 1. The van der Waals surface area contributed by atoms with Gasteiger partial charge in [-0.05, 0) is 51.3 Å². The lowest BCUT2D eigenvalue weighted by Crippen LogP contribution is -2.59. The Morgan fingerprint density at radius 1 is 1.38 bits per heavy atom. The average Bonchev–Trinajstić information content (AvgIpc) is 2.47. The van der Waals surface area contributed by atoms with Crippen molar-refractivity contribution in [1.29, 1.82) is 0 Å². The van der Waals surface area contributed by atoms with E-state index in [4.69, 9.17) is 10.7 Å². The summed E-state index contributed by atoms with van der Waals surface area (Å²) in [5.41, 5.74) is 7.30. The first kappa shape index (κ1) is 14.8. The van der Waals surface area contributed by atoms with E-state index in [0.29, 0.717) is 12.1 Å². The molecule has 2 saturated heterocycles. The normalized spacial score (nSPS) is 28.2. The Morgan fingerprint density at radius 2 is 2.24 bits per heavy atom. The number of aromatic nitrogens is 1. The van der Waals surface area contributed by atoms with Crippen molar-refractivity contribution in [1.82, 2.24) is 9.88 Å². The third kappa shape index (κ3) is 3.22. The lowest BCUT2D eigenvalue weighted by Gasteiger charge is -2.48. The van der Waals surface area contributed by atoms with Gasteiger partial charge in [0.05, 0.1) is 0 Å². The second-order valence-corrected chi connectivity index (χ2v) is 6.81. The number of piperazine rings is 1. The number of hydrogen-bond donors (Lipinski definition) is 1. The largest absolute Gasteiger partial charge is 0.351 e. The molecule has 3 atom stereocenters. The lowest BCUT2D eigenvalue weighted by molar-refractivity contribution is 0.115. The minimum absolute atomic E-state index is 0.180. The second kappa shape index (κ2) is 6.32. The molecule has 3 unspecified atom stereocenters. The van der Waals surface area contributed by atoms with Gasteiger partial charge in [0, 0.05) is 37.4 Å². The SMILES string of the molecule is CC(N)Cc1cccnc1N1CC2CCCCN2CC1C.